The second kappa shape index (κ2) is 10.1. The molecule has 0 aliphatic carbocycles. The number of nitrogens with one attached hydrogen (secondary N) is 2. The number of hydrogen-bond acceptors (Lipinski definition) is 4. The van der Waals surface area contributed by atoms with Crippen LogP contribution in [0.4, 0.5) is 16.3 Å². The molecule has 1 aromatic carbocycles. The van der Waals surface area contributed by atoms with Crippen LogP contribution in [0.1, 0.15) is 43.0 Å². The summed E-state index contributed by atoms with van der Waals surface area (Å²) in [5, 5.41) is 5.30. The van der Waals surface area contributed by atoms with Gasteiger partial charge in [0.15, 0.2) is 0 Å². The van der Waals surface area contributed by atoms with Crippen LogP contribution in [0.5, 0.6) is 0 Å². The highest BCUT2D eigenvalue weighted by Gasteiger charge is 2.08. The molecule has 0 atom stereocenters. The SMILES string of the molecule is CCCCCCOC(=O)c1ccc(NC(=O)Nc2ccccn2)cc1. The van der Waals surface area contributed by atoms with Crippen molar-refractivity contribution >= 4 is 23.5 Å². The molecule has 0 saturated carbocycles. The normalized spacial score (nSPS) is 10.1. The molecule has 1 heterocycles. The first-order chi connectivity index (χ1) is 12.2. The quantitative estimate of drug-likeness (QED) is 0.548. The molecule has 0 radical (unpaired) electrons. The molecule has 132 valence electrons. The van der Waals surface area contributed by atoms with Crippen molar-refractivity contribution < 1.29 is 14.3 Å². The van der Waals surface area contributed by atoms with Gasteiger partial charge < -0.3 is 10.1 Å². The Balaban J connectivity index is 1.79. The van der Waals surface area contributed by atoms with Gasteiger partial charge in [-0.3, -0.25) is 5.32 Å². The largest absolute Gasteiger partial charge is 0.462 e. The predicted octanol–water partition coefficient (Wildman–Crippen LogP) is 4.46. The summed E-state index contributed by atoms with van der Waals surface area (Å²) in [7, 11) is 0. The zero-order valence-electron chi connectivity index (χ0n) is 14.3. The number of benzene rings is 1. The Morgan fingerprint density at radius 1 is 1.00 bits per heavy atom. The molecule has 1 aromatic heterocycles. The molecule has 2 N–H and O–H groups in total. The average Bonchev–Trinajstić information content (AvgIpc) is 2.63. The zero-order chi connectivity index (χ0) is 17.9. The molecule has 0 spiro atoms. The molecule has 6 heteroatoms. The molecule has 6 nitrogen and oxygen atoms in total. The summed E-state index contributed by atoms with van der Waals surface area (Å²) in [4.78, 5) is 27.8. The Morgan fingerprint density at radius 3 is 2.48 bits per heavy atom. The van der Waals surface area contributed by atoms with Crippen molar-refractivity contribution in [1.29, 1.82) is 0 Å². The number of carbonyl (C=O) groups excluding carboxylic acids is 2. The van der Waals surface area contributed by atoms with Crippen molar-refractivity contribution in [3.63, 3.8) is 0 Å². The van der Waals surface area contributed by atoms with E-state index < -0.39 is 6.03 Å². The van der Waals surface area contributed by atoms with Crippen LogP contribution < -0.4 is 10.6 Å². The second-order valence-electron chi connectivity index (χ2n) is 5.57. The van der Waals surface area contributed by atoms with Gasteiger partial charge in [0.1, 0.15) is 5.82 Å². The number of nitrogens with zero attached hydrogens (tertiary/aromatic N) is 1. The molecule has 2 rings (SSSR count). The summed E-state index contributed by atoms with van der Waals surface area (Å²) in [6.07, 6.45) is 5.85. The van der Waals surface area contributed by atoms with Crippen molar-refractivity contribution in [1.82, 2.24) is 4.98 Å². The number of unbranched alkanes of at least 4 members (excludes halogenated alkanes) is 3. The molecule has 0 saturated heterocycles. The van der Waals surface area contributed by atoms with E-state index in [4.69, 9.17) is 4.74 Å². The number of esters is 1. The summed E-state index contributed by atoms with van der Waals surface area (Å²) in [5.74, 6) is 0.115. The van der Waals surface area contributed by atoms with Gasteiger partial charge in [-0.2, -0.15) is 0 Å². The van der Waals surface area contributed by atoms with Crippen molar-refractivity contribution in [3.05, 3.63) is 54.2 Å². The lowest BCUT2D eigenvalue weighted by atomic mass is 10.2. The molecule has 0 bridgehead atoms. The minimum atomic E-state index is -0.398. The van der Waals surface area contributed by atoms with Gasteiger partial charge in [-0.25, -0.2) is 14.6 Å². The molecule has 0 aliphatic heterocycles. The van der Waals surface area contributed by atoms with Crippen LogP contribution in [0.2, 0.25) is 0 Å². The van der Waals surface area contributed by atoms with E-state index in [9.17, 15) is 9.59 Å². The molecular weight excluding hydrogens is 318 g/mol. The van der Waals surface area contributed by atoms with Gasteiger partial charge in [-0.1, -0.05) is 32.3 Å². The third kappa shape index (κ3) is 6.63. The summed E-state index contributed by atoms with van der Waals surface area (Å²) in [6, 6.07) is 11.4. The number of urea groups is 1. The third-order valence-corrected chi connectivity index (χ3v) is 3.52. The minimum absolute atomic E-state index is 0.346. The van der Waals surface area contributed by atoms with Crippen LogP contribution in [0.15, 0.2) is 48.7 Å². The van der Waals surface area contributed by atoms with Crippen molar-refractivity contribution in [2.75, 3.05) is 17.2 Å². The third-order valence-electron chi connectivity index (χ3n) is 3.52. The Hall–Kier alpha value is -2.89. The van der Waals surface area contributed by atoms with Crippen molar-refractivity contribution in [3.8, 4) is 0 Å². The van der Waals surface area contributed by atoms with Crippen molar-refractivity contribution in [2.24, 2.45) is 0 Å². The lowest BCUT2D eigenvalue weighted by molar-refractivity contribution is 0.0498. The van der Waals surface area contributed by atoms with E-state index >= 15 is 0 Å². The number of ether oxygens (including phenoxy) is 1. The minimum Gasteiger partial charge on any atom is -0.462 e. The van der Waals surface area contributed by atoms with E-state index in [-0.39, 0.29) is 5.97 Å². The van der Waals surface area contributed by atoms with Gasteiger partial charge in [-0.05, 0) is 42.8 Å². The molecule has 2 aromatic rings. The molecular formula is C19H23N3O3. The van der Waals surface area contributed by atoms with Gasteiger partial charge in [-0.15, -0.1) is 0 Å². The lowest BCUT2D eigenvalue weighted by Crippen LogP contribution is -2.20. The smallest absolute Gasteiger partial charge is 0.338 e. The van der Waals surface area contributed by atoms with E-state index in [0.717, 1.165) is 25.7 Å². The summed E-state index contributed by atoms with van der Waals surface area (Å²) < 4.78 is 5.23. The van der Waals surface area contributed by atoms with Crippen LogP contribution in [-0.2, 0) is 4.74 Å². The van der Waals surface area contributed by atoms with E-state index in [0.29, 0.717) is 23.7 Å². The van der Waals surface area contributed by atoms with Gasteiger partial charge in [0.05, 0.1) is 12.2 Å². The van der Waals surface area contributed by atoms with Crippen LogP contribution >= 0.6 is 0 Å². The summed E-state index contributed by atoms with van der Waals surface area (Å²) >= 11 is 0. The Labute approximate surface area is 147 Å². The monoisotopic (exact) mass is 341 g/mol. The maximum atomic E-state index is 11.9. The first-order valence-electron chi connectivity index (χ1n) is 8.45. The van der Waals surface area contributed by atoms with Gasteiger partial charge in [0.2, 0.25) is 0 Å². The highest BCUT2D eigenvalue weighted by atomic mass is 16.5. The highest BCUT2D eigenvalue weighted by molar-refractivity contribution is 5.99. The van der Waals surface area contributed by atoms with Gasteiger partial charge in [0, 0.05) is 11.9 Å². The predicted molar refractivity (Wildman–Crippen MR) is 97.7 cm³/mol. The standard InChI is InChI=1S/C19H23N3O3/c1-2-3-4-7-14-25-18(23)15-9-11-16(12-10-15)21-19(24)22-17-8-5-6-13-20-17/h5-6,8-13H,2-4,7,14H2,1H3,(H2,20,21,22,24). The Bertz CT molecular complexity index is 672. The van der Waals surface area contributed by atoms with E-state index in [1.807, 2.05) is 0 Å². The van der Waals surface area contributed by atoms with Gasteiger partial charge in [0.25, 0.3) is 0 Å². The number of pyridine rings is 1. The van der Waals surface area contributed by atoms with Crippen LogP contribution in [0.3, 0.4) is 0 Å². The molecule has 0 fully saturated rings. The van der Waals surface area contributed by atoms with E-state index in [1.54, 1.807) is 48.7 Å². The molecule has 0 unspecified atom stereocenters. The zero-order valence-corrected chi connectivity index (χ0v) is 14.3. The number of anilines is 2. The highest BCUT2D eigenvalue weighted by Crippen LogP contribution is 2.12. The first-order valence-corrected chi connectivity index (χ1v) is 8.45. The van der Waals surface area contributed by atoms with Crippen molar-refractivity contribution in [2.45, 2.75) is 32.6 Å². The molecule has 25 heavy (non-hydrogen) atoms. The molecule has 2 amide bonds. The van der Waals surface area contributed by atoms with Crippen LogP contribution in [0.25, 0.3) is 0 Å². The van der Waals surface area contributed by atoms with Crippen LogP contribution in [0, 0.1) is 0 Å². The number of hydrogen-bond donors (Lipinski definition) is 2. The Morgan fingerprint density at radius 2 is 1.80 bits per heavy atom. The number of carbonyl (C=O) groups is 2. The van der Waals surface area contributed by atoms with E-state index in [1.165, 1.54) is 0 Å². The fraction of sp³-hybridized carbons (Fsp3) is 0.316. The average molecular weight is 341 g/mol. The number of aromatic nitrogens is 1. The number of rotatable bonds is 8. The fourth-order valence-corrected chi connectivity index (χ4v) is 2.18. The lowest BCUT2D eigenvalue weighted by Gasteiger charge is -2.08. The number of amides is 2. The maximum absolute atomic E-state index is 11.9. The van der Waals surface area contributed by atoms with Crippen LogP contribution in [-0.4, -0.2) is 23.6 Å². The summed E-state index contributed by atoms with van der Waals surface area (Å²) in [6.45, 7) is 2.57. The first kappa shape index (κ1) is 18.4. The van der Waals surface area contributed by atoms with E-state index in [2.05, 4.69) is 22.5 Å². The second-order valence-corrected chi connectivity index (χ2v) is 5.57. The topological polar surface area (TPSA) is 80.3 Å². The molecule has 0 aliphatic rings. The fourth-order valence-electron chi connectivity index (χ4n) is 2.18. The Kier molecular flexibility index (Phi) is 7.43. The summed E-state index contributed by atoms with van der Waals surface area (Å²) in [5.41, 5.74) is 1.04. The maximum Gasteiger partial charge on any atom is 0.338 e. The van der Waals surface area contributed by atoms with Gasteiger partial charge >= 0.3 is 12.0 Å².